The molecule has 1 saturated heterocycles. The minimum atomic E-state index is -3.07. The summed E-state index contributed by atoms with van der Waals surface area (Å²) in [7, 11) is -3.07. The summed E-state index contributed by atoms with van der Waals surface area (Å²) in [4.78, 5) is 24.4. The number of amides is 3. The molecule has 0 bridgehead atoms. The minimum absolute atomic E-state index is 0.0516. The molecule has 2 aromatic carbocycles. The zero-order chi connectivity index (χ0) is 19.4. The Morgan fingerprint density at radius 2 is 1.74 bits per heavy atom. The summed E-state index contributed by atoms with van der Waals surface area (Å²) >= 11 is 5.82. The number of sulfone groups is 1. The molecule has 3 rings (SSSR count). The monoisotopic (exact) mass is 407 g/mol. The minimum Gasteiger partial charge on any atom is -0.334 e. The Bertz CT molecular complexity index is 961. The average molecular weight is 408 g/mol. The van der Waals surface area contributed by atoms with Crippen LogP contribution in [0.3, 0.4) is 0 Å². The van der Waals surface area contributed by atoms with Gasteiger partial charge in [-0.15, -0.1) is 0 Å². The van der Waals surface area contributed by atoms with E-state index >= 15 is 0 Å². The van der Waals surface area contributed by atoms with Crippen LogP contribution < -0.4 is 16.0 Å². The molecule has 1 aliphatic heterocycles. The summed E-state index contributed by atoms with van der Waals surface area (Å²) < 4.78 is 22.9. The fourth-order valence-electron chi connectivity index (χ4n) is 2.74. The molecule has 2 aromatic rings. The Morgan fingerprint density at radius 3 is 2.41 bits per heavy atom. The smallest absolute Gasteiger partial charge is 0.319 e. The van der Waals surface area contributed by atoms with Gasteiger partial charge in [-0.05, 0) is 48.9 Å². The Hall–Kier alpha value is -2.58. The third-order valence-electron chi connectivity index (χ3n) is 4.05. The average Bonchev–Trinajstić information content (AvgIpc) is 2.95. The first-order valence-corrected chi connectivity index (χ1v) is 10.5. The predicted octanol–water partition coefficient (Wildman–Crippen LogP) is 2.90. The van der Waals surface area contributed by atoms with Crippen LogP contribution >= 0.6 is 11.6 Å². The molecule has 1 unspecified atom stereocenters. The van der Waals surface area contributed by atoms with E-state index in [1.807, 2.05) is 0 Å². The fourth-order valence-corrected chi connectivity index (χ4v) is 4.54. The number of anilines is 2. The maximum Gasteiger partial charge on any atom is 0.319 e. The van der Waals surface area contributed by atoms with Gasteiger partial charge in [-0.2, -0.15) is 0 Å². The highest BCUT2D eigenvalue weighted by Gasteiger charge is 2.28. The number of hydrogen-bond acceptors (Lipinski definition) is 4. The van der Waals surface area contributed by atoms with Gasteiger partial charge in [0.05, 0.1) is 11.5 Å². The molecule has 0 saturated carbocycles. The molecular weight excluding hydrogens is 390 g/mol. The summed E-state index contributed by atoms with van der Waals surface area (Å²) in [5, 5.41) is 8.57. The number of nitrogens with one attached hydrogen (secondary N) is 3. The second-order valence-electron chi connectivity index (χ2n) is 6.24. The van der Waals surface area contributed by atoms with Crippen molar-refractivity contribution in [1.29, 1.82) is 0 Å². The van der Waals surface area contributed by atoms with E-state index in [1.54, 1.807) is 42.5 Å². The Labute approximate surface area is 162 Å². The van der Waals surface area contributed by atoms with Crippen molar-refractivity contribution in [3.63, 3.8) is 0 Å². The van der Waals surface area contributed by atoms with E-state index in [9.17, 15) is 18.0 Å². The van der Waals surface area contributed by atoms with Gasteiger partial charge in [-0.25, -0.2) is 13.2 Å². The van der Waals surface area contributed by atoms with E-state index in [2.05, 4.69) is 16.0 Å². The molecule has 0 radical (unpaired) electrons. The van der Waals surface area contributed by atoms with Crippen LogP contribution in [-0.2, 0) is 9.84 Å². The van der Waals surface area contributed by atoms with Crippen molar-refractivity contribution in [3.8, 4) is 0 Å². The second-order valence-corrected chi connectivity index (χ2v) is 8.91. The summed E-state index contributed by atoms with van der Waals surface area (Å²) in [6.45, 7) is 0. The molecule has 142 valence electrons. The van der Waals surface area contributed by atoms with E-state index in [-0.39, 0.29) is 17.4 Å². The zero-order valence-corrected chi connectivity index (χ0v) is 15.8. The first-order chi connectivity index (χ1) is 12.8. The lowest BCUT2D eigenvalue weighted by molar-refractivity contribution is 0.102. The van der Waals surface area contributed by atoms with Crippen molar-refractivity contribution in [2.75, 3.05) is 22.1 Å². The van der Waals surface area contributed by atoms with Crippen LogP contribution in [0.25, 0.3) is 0 Å². The molecule has 0 aromatic heterocycles. The van der Waals surface area contributed by atoms with Gasteiger partial charge >= 0.3 is 6.03 Å². The lowest BCUT2D eigenvalue weighted by atomic mass is 10.2. The Balaban J connectivity index is 1.60. The lowest BCUT2D eigenvalue weighted by Crippen LogP contribution is -2.38. The molecular formula is C18H18ClN3O4S. The van der Waals surface area contributed by atoms with Crippen LogP contribution in [0.1, 0.15) is 16.8 Å². The van der Waals surface area contributed by atoms with Gasteiger partial charge in [0.2, 0.25) is 0 Å². The van der Waals surface area contributed by atoms with Crippen molar-refractivity contribution in [2.24, 2.45) is 0 Å². The number of halogens is 1. The number of hydrogen-bond donors (Lipinski definition) is 3. The molecule has 9 heteroatoms. The largest absolute Gasteiger partial charge is 0.334 e. The first-order valence-electron chi connectivity index (χ1n) is 8.26. The predicted molar refractivity (Wildman–Crippen MR) is 105 cm³/mol. The van der Waals surface area contributed by atoms with Crippen molar-refractivity contribution in [2.45, 2.75) is 12.5 Å². The summed E-state index contributed by atoms with van der Waals surface area (Å²) in [6.07, 6.45) is 0.402. The summed E-state index contributed by atoms with van der Waals surface area (Å²) in [5.74, 6) is -0.300. The molecule has 1 fully saturated rings. The molecule has 3 N–H and O–H groups in total. The van der Waals surface area contributed by atoms with Gasteiger partial charge in [0.1, 0.15) is 0 Å². The van der Waals surface area contributed by atoms with Gasteiger partial charge in [0.25, 0.3) is 5.91 Å². The number of benzene rings is 2. The van der Waals surface area contributed by atoms with Gasteiger partial charge in [-0.1, -0.05) is 17.7 Å². The van der Waals surface area contributed by atoms with Crippen LogP contribution in [0.15, 0.2) is 48.5 Å². The maximum absolute atomic E-state index is 12.3. The van der Waals surface area contributed by atoms with Crippen molar-refractivity contribution < 1.29 is 18.0 Å². The van der Waals surface area contributed by atoms with Crippen molar-refractivity contribution >= 4 is 44.8 Å². The highest BCUT2D eigenvalue weighted by atomic mass is 35.5. The van der Waals surface area contributed by atoms with E-state index in [1.165, 1.54) is 6.07 Å². The first kappa shape index (κ1) is 19.2. The number of rotatable bonds is 4. The SMILES string of the molecule is O=C(Nc1cccc(C(=O)Nc2ccc(Cl)cc2)c1)NC1CCS(=O)(=O)C1. The summed E-state index contributed by atoms with van der Waals surface area (Å²) in [6, 6.07) is 12.3. The Kier molecular flexibility index (Phi) is 5.67. The van der Waals surface area contributed by atoms with Gasteiger partial charge in [0, 0.05) is 28.0 Å². The molecule has 7 nitrogen and oxygen atoms in total. The standard InChI is InChI=1S/C18H18ClN3O4S/c19-13-4-6-14(7-5-13)20-17(23)12-2-1-3-15(10-12)21-18(24)22-16-8-9-27(25,26)11-16/h1-7,10,16H,8-9,11H2,(H,20,23)(H2,21,22,24). The molecule has 1 heterocycles. The molecule has 0 spiro atoms. The third kappa shape index (κ3) is 5.45. The van der Waals surface area contributed by atoms with E-state index in [0.29, 0.717) is 28.4 Å². The number of carbonyl (C=O) groups is 2. The van der Waals surface area contributed by atoms with Crippen LogP contribution in [-0.4, -0.2) is 37.9 Å². The highest BCUT2D eigenvalue weighted by Crippen LogP contribution is 2.17. The van der Waals surface area contributed by atoms with Gasteiger partial charge in [-0.3, -0.25) is 4.79 Å². The van der Waals surface area contributed by atoms with Gasteiger partial charge in [0.15, 0.2) is 9.84 Å². The number of carbonyl (C=O) groups excluding carboxylic acids is 2. The lowest BCUT2D eigenvalue weighted by Gasteiger charge is -2.13. The molecule has 0 aliphatic carbocycles. The quantitative estimate of drug-likeness (QED) is 0.724. The van der Waals surface area contributed by atoms with Crippen LogP contribution in [0.5, 0.6) is 0 Å². The summed E-state index contributed by atoms with van der Waals surface area (Å²) in [5.41, 5.74) is 1.39. The van der Waals surface area contributed by atoms with E-state index in [0.717, 1.165) is 0 Å². The molecule has 27 heavy (non-hydrogen) atoms. The van der Waals surface area contributed by atoms with Crippen LogP contribution in [0.4, 0.5) is 16.2 Å². The van der Waals surface area contributed by atoms with Crippen LogP contribution in [0, 0.1) is 0 Å². The third-order valence-corrected chi connectivity index (χ3v) is 6.07. The second kappa shape index (κ2) is 7.98. The zero-order valence-electron chi connectivity index (χ0n) is 14.2. The molecule has 1 aliphatic rings. The molecule has 1 atom stereocenters. The van der Waals surface area contributed by atoms with Gasteiger partial charge < -0.3 is 16.0 Å². The Morgan fingerprint density at radius 1 is 1.00 bits per heavy atom. The maximum atomic E-state index is 12.3. The fraction of sp³-hybridized carbons (Fsp3) is 0.222. The highest BCUT2D eigenvalue weighted by molar-refractivity contribution is 7.91. The van der Waals surface area contributed by atoms with E-state index < -0.39 is 21.9 Å². The van der Waals surface area contributed by atoms with Crippen molar-refractivity contribution in [1.82, 2.24) is 5.32 Å². The normalized spacial score (nSPS) is 17.9. The topological polar surface area (TPSA) is 104 Å². The number of urea groups is 1. The van der Waals surface area contributed by atoms with Crippen LogP contribution in [0.2, 0.25) is 5.02 Å². The molecule has 3 amide bonds. The van der Waals surface area contributed by atoms with Crippen molar-refractivity contribution in [3.05, 3.63) is 59.1 Å². The van der Waals surface area contributed by atoms with E-state index in [4.69, 9.17) is 11.6 Å².